The lowest BCUT2D eigenvalue weighted by Crippen LogP contribution is -2.62. The fraction of sp³-hybridized carbons (Fsp3) is 0.955. The molecule has 0 spiro atoms. The molecule has 8 rings (SSSR count). The molecule has 0 heterocycles. The van der Waals surface area contributed by atoms with Crippen LogP contribution in [-0.2, 0) is 28.5 Å². The van der Waals surface area contributed by atoms with E-state index in [0.29, 0.717) is 32.5 Å². The average molecular weight is 729 g/mol. The van der Waals surface area contributed by atoms with Crippen molar-refractivity contribution in [2.75, 3.05) is 13.2 Å². The molecule has 0 radical (unpaired) electrons. The van der Waals surface area contributed by atoms with Crippen LogP contribution in [0.1, 0.15) is 151 Å². The van der Waals surface area contributed by atoms with Crippen LogP contribution >= 0.6 is 0 Å². The van der Waals surface area contributed by atoms with Gasteiger partial charge in [-0.1, -0.05) is 27.7 Å². The molecule has 4 bridgehead atoms. The Hall–Kier alpha value is -1.22. The summed E-state index contributed by atoms with van der Waals surface area (Å²) >= 11 is 0. The molecule has 10 unspecified atom stereocenters. The highest BCUT2D eigenvalue weighted by molar-refractivity contribution is 5.76. The molecule has 0 aromatic heterocycles. The molecular formula is C44H72O8. The fourth-order valence-electron chi connectivity index (χ4n) is 14.2. The van der Waals surface area contributed by atoms with Crippen LogP contribution in [-0.4, -0.2) is 65.6 Å². The third-order valence-corrected chi connectivity index (χ3v) is 17.1. The van der Waals surface area contributed by atoms with Gasteiger partial charge in [0.2, 0.25) is 0 Å². The van der Waals surface area contributed by atoms with Gasteiger partial charge in [-0.3, -0.25) is 9.59 Å². The molecule has 8 aliphatic carbocycles. The molecule has 0 aliphatic heterocycles. The molecule has 8 nitrogen and oxygen atoms in total. The zero-order valence-electron chi connectivity index (χ0n) is 33.6. The number of aliphatic hydroxyl groups is 2. The highest BCUT2D eigenvalue weighted by Crippen LogP contribution is 2.68. The van der Waals surface area contributed by atoms with Crippen LogP contribution in [0.3, 0.4) is 0 Å². The third kappa shape index (κ3) is 7.15. The van der Waals surface area contributed by atoms with Gasteiger partial charge in [-0.2, -0.15) is 0 Å². The lowest BCUT2D eigenvalue weighted by molar-refractivity contribution is -0.210. The first kappa shape index (κ1) is 39.0. The van der Waals surface area contributed by atoms with E-state index < -0.39 is 23.9 Å². The summed E-state index contributed by atoms with van der Waals surface area (Å²) in [5.41, 5.74) is -0.694. The number of fused-ring (bicyclic) bond motifs is 5. The van der Waals surface area contributed by atoms with Gasteiger partial charge in [-0.25, -0.2) is 0 Å². The monoisotopic (exact) mass is 729 g/mol. The standard InChI is InChI=1S/C44H72O8/c1-8-41(4,5)40(48)52-32-13-14-42(6)31(20-32)21-36(45)39-34-11-10-33(43(34,7)37(46)22-35(39)42)26(2)9-12-38(47)51-27(3)49-15-16-50-44-23-28-17-29(24-44)19-30(18-28)25-44/h26-37,39,45-46H,8-25H2,1-7H3/t26?,27?,28?,29?,30?,31?,32?,33?,34?,35?,36?,37?,39?,42-,43+,44?/m0/s1. The van der Waals surface area contributed by atoms with Crippen molar-refractivity contribution in [2.45, 2.75) is 181 Å². The van der Waals surface area contributed by atoms with E-state index in [1.165, 1.54) is 38.5 Å². The van der Waals surface area contributed by atoms with Gasteiger partial charge in [0.25, 0.3) is 0 Å². The summed E-state index contributed by atoms with van der Waals surface area (Å²) in [6, 6.07) is 0. The normalized spacial score (nSPS) is 46.1. The molecule has 2 N–H and O–H groups in total. The van der Waals surface area contributed by atoms with E-state index in [1.807, 2.05) is 20.8 Å². The van der Waals surface area contributed by atoms with Crippen LogP contribution in [0.2, 0.25) is 0 Å². The van der Waals surface area contributed by atoms with E-state index in [4.69, 9.17) is 18.9 Å². The Morgan fingerprint density at radius 1 is 0.865 bits per heavy atom. The van der Waals surface area contributed by atoms with Crippen LogP contribution in [0.25, 0.3) is 0 Å². The van der Waals surface area contributed by atoms with Crippen LogP contribution < -0.4 is 0 Å². The maximum atomic E-state index is 13.0. The van der Waals surface area contributed by atoms with Gasteiger partial charge in [0, 0.05) is 6.42 Å². The van der Waals surface area contributed by atoms with Gasteiger partial charge in [0.1, 0.15) is 6.10 Å². The quantitative estimate of drug-likeness (QED) is 0.111. The van der Waals surface area contributed by atoms with E-state index in [2.05, 4.69) is 20.8 Å². The molecule has 0 aromatic carbocycles. The van der Waals surface area contributed by atoms with Gasteiger partial charge < -0.3 is 29.2 Å². The van der Waals surface area contributed by atoms with E-state index in [0.717, 1.165) is 62.7 Å². The van der Waals surface area contributed by atoms with E-state index >= 15 is 0 Å². The topological polar surface area (TPSA) is 112 Å². The Morgan fingerprint density at radius 2 is 1.54 bits per heavy atom. The Morgan fingerprint density at radius 3 is 2.19 bits per heavy atom. The number of ether oxygens (including phenoxy) is 4. The van der Waals surface area contributed by atoms with E-state index in [9.17, 15) is 19.8 Å². The van der Waals surface area contributed by atoms with Crippen molar-refractivity contribution < 1.29 is 38.7 Å². The molecular weight excluding hydrogens is 656 g/mol. The largest absolute Gasteiger partial charge is 0.462 e. The van der Waals surface area contributed by atoms with Crippen molar-refractivity contribution in [1.82, 2.24) is 0 Å². The minimum atomic E-state index is -0.600. The number of hydrogen-bond acceptors (Lipinski definition) is 8. The van der Waals surface area contributed by atoms with Crippen molar-refractivity contribution in [3.63, 3.8) is 0 Å². The summed E-state index contributed by atoms with van der Waals surface area (Å²) in [6.07, 6.45) is 14.2. The van der Waals surface area contributed by atoms with Crippen LogP contribution in [0.4, 0.5) is 0 Å². The van der Waals surface area contributed by atoms with Gasteiger partial charge in [0.05, 0.1) is 36.4 Å². The number of aliphatic hydroxyl groups excluding tert-OH is 2. The van der Waals surface area contributed by atoms with Gasteiger partial charge in [-0.05, 0) is 181 Å². The number of rotatable bonds is 13. The average Bonchev–Trinajstić information content (AvgIpc) is 3.44. The minimum absolute atomic E-state index is 0.0164. The third-order valence-electron chi connectivity index (χ3n) is 17.1. The molecule has 12 atom stereocenters. The van der Waals surface area contributed by atoms with E-state index in [-0.39, 0.29) is 70.0 Å². The summed E-state index contributed by atoms with van der Waals surface area (Å²) < 4.78 is 24.1. The van der Waals surface area contributed by atoms with Crippen LogP contribution in [0.15, 0.2) is 0 Å². The second-order valence-corrected chi connectivity index (χ2v) is 20.5. The van der Waals surface area contributed by atoms with Crippen molar-refractivity contribution in [2.24, 2.45) is 69.5 Å². The number of esters is 2. The number of carbonyl (C=O) groups excluding carboxylic acids is 2. The van der Waals surface area contributed by atoms with Gasteiger partial charge in [0.15, 0.2) is 6.29 Å². The van der Waals surface area contributed by atoms with Crippen LogP contribution in [0, 0.1) is 69.5 Å². The second-order valence-electron chi connectivity index (χ2n) is 20.5. The molecule has 0 saturated heterocycles. The smallest absolute Gasteiger partial charge is 0.311 e. The Labute approximate surface area is 314 Å². The highest BCUT2D eigenvalue weighted by atomic mass is 16.7. The molecule has 8 saturated carbocycles. The zero-order chi connectivity index (χ0) is 37.2. The predicted octanol–water partition coefficient (Wildman–Crippen LogP) is 8.24. The SMILES string of the molecule is CCC(C)(C)C(=O)OC1CC[C@@]2(C)C(C1)CC(O)C1C2CC(O)[C@]2(C)C(C(C)CCC(=O)OC(C)OCCOC34CC5CC(CC(C5)C3)C4)CCC12. The summed E-state index contributed by atoms with van der Waals surface area (Å²) in [4.78, 5) is 25.9. The molecule has 296 valence electrons. The molecule has 0 aromatic rings. The molecule has 8 heteroatoms. The molecule has 0 amide bonds. The second kappa shape index (κ2) is 14.7. The predicted molar refractivity (Wildman–Crippen MR) is 199 cm³/mol. The van der Waals surface area contributed by atoms with Crippen molar-refractivity contribution in [3.05, 3.63) is 0 Å². The van der Waals surface area contributed by atoms with Gasteiger partial charge >= 0.3 is 11.9 Å². The summed E-state index contributed by atoms with van der Waals surface area (Å²) in [6.45, 7) is 15.6. The van der Waals surface area contributed by atoms with E-state index in [1.54, 1.807) is 6.92 Å². The molecule has 8 fully saturated rings. The maximum absolute atomic E-state index is 13.0. The number of hydrogen-bond donors (Lipinski definition) is 2. The highest BCUT2D eigenvalue weighted by Gasteiger charge is 2.66. The summed E-state index contributed by atoms with van der Waals surface area (Å²) in [5.74, 6) is 3.69. The molecule has 8 aliphatic rings. The lowest BCUT2D eigenvalue weighted by Gasteiger charge is -2.63. The fourth-order valence-corrected chi connectivity index (χ4v) is 14.2. The summed E-state index contributed by atoms with van der Waals surface area (Å²) in [7, 11) is 0. The zero-order valence-corrected chi connectivity index (χ0v) is 33.6. The van der Waals surface area contributed by atoms with Crippen molar-refractivity contribution >= 4 is 11.9 Å². The Bertz CT molecular complexity index is 1260. The van der Waals surface area contributed by atoms with Crippen molar-refractivity contribution in [3.8, 4) is 0 Å². The number of carbonyl (C=O) groups is 2. The Kier molecular flexibility index (Phi) is 11.0. The van der Waals surface area contributed by atoms with Crippen molar-refractivity contribution in [1.29, 1.82) is 0 Å². The lowest BCUT2D eigenvalue weighted by atomic mass is 9.43. The maximum Gasteiger partial charge on any atom is 0.311 e. The first-order valence-electron chi connectivity index (χ1n) is 21.6. The van der Waals surface area contributed by atoms with Gasteiger partial charge in [-0.15, -0.1) is 0 Å². The molecule has 52 heavy (non-hydrogen) atoms. The first-order chi connectivity index (χ1) is 24.6. The first-order valence-corrected chi connectivity index (χ1v) is 21.6. The van der Waals surface area contributed by atoms with Crippen LogP contribution in [0.5, 0.6) is 0 Å². The summed E-state index contributed by atoms with van der Waals surface area (Å²) in [5, 5.41) is 23.9. The minimum Gasteiger partial charge on any atom is -0.462 e. The Balaban J connectivity index is 0.883.